The molecule has 0 N–H and O–H groups in total. The normalized spacial score (nSPS) is 15.0. The van der Waals surface area contributed by atoms with Gasteiger partial charge in [0.05, 0.1) is 52.4 Å². The number of hydrogen-bond donors (Lipinski definition) is 0. The van der Waals surface area contributed by atoms with Crippen molar-refractivity contribution < 1.29 is 55.0 Å². The summed E-state index contributed by atoms with van der Waals surface area (Å²) in [6.07, 6.45) is 5.72. The second kappa shape index (κ2) is 19.6. The topological polar surface area (TPSA) is 40.8 Å². The number of fused-ring (bicyclic) bond motifs is 7. The smallest absolute Gasteiger partial charge is 0.268 e. The average molecular weight is 1190 g/mol. The molecule has 0 unspecified atom stereocenters. The van der Waals surface area contributed by atoms with Crippen molar-refractivity contribution in [1.82, 2.24) is 18.7 Å². The molecule has 0 radical (unpaired) electrons. The molecule has 6 nitrogen and oxygen atoms in total. The zero-order chi connectivity index (χ0) is 66.4. The molecule has 0 bridgehead atoms. The number of rotatable bonds is 11. The summed E-state index contributed by atoms with van der Waals surface area (Å²) >= 11 is 0. The molecule has 0 saturated carbocycles. The van der Waals surface area contributed by atoms with E-state index in [1.165, 1.54) is 27.3 Å². The first-order valence-corrected chi connectivity index (χ1v) is 24.4. The Kier molecular flexibility index (Phi) is 8.05. The van der Waals surface area contributed by atoms with Crippen LogP contribution in [0.5, 0.6) is 11.5 Å². The van der Waals surface area contributed by atoms with Crippen LogP contribution in [0.4, 0.5) is 0 Å². The van der Waals surface area contributed by atoms with Crippen LogP contribution in [-0.2, 0) is 32.9 Å². The molecule has 0 spiro atoms. The first kappa shape index (κ1) is 31.7. The monoisotopic (exact) mass is 1190 g/mol. The Morgan fingerprint density at radius 2 is 1.18 bits per heavy atom. The van der Waals surface area contributed by atoms with Gasteiger partial charge in [-0.3, -0.25) is 4.57 Å². The number of benzene rings is 10. The summed E-state index contributed by atoms with van der Waals surface area (Å²) in [4.78, 5) is 4.96. The Bertz CT molecular complexity index is 5390. The van der Waals surface area contributed by atoms with Crippen LogP contribution >= 0.6 is 0 Å². The van der Waals surface area contributed by atoms with Crippen molar-refractivity contribution in [3.05, 3.63) is 278 Å². The fraction of sp³-hybridized carbons (Fsp3) is 0.0571. The SMILES string of the molecule is [2H]c1c([2H])c([2H])c(-c2cccc(-c3c([2H])c([2H])c([2H])c([2H])c3[2H])c2-[n+]2[c-]n(-c3[c-]c(Oc4[c-]c5c(c(-n6c7c([2H])c([2H])c([2H])c([2H])c7c7c([2H])c([2H])c([2H])c([2H])c76)c4)c4ccccc4n5-c4cc(CC(C)(C)c5ccccc5)ccn4)ccc3)c3ccccc32)c([2H])c1[2H].[Pt]. The van der Waals surface area contributed by atoms with Crippen molar-refractivity contribution in [1.29, 1.82) is 0 Å². The molecule has 7 heteroatoms. The van der Waals surface area contributed by atoms with Gasteiger partial charge in [-0.05, 0) is 92.3 Å². The van der Waals surface area contributed by atoms with E-state index in [1.807, 2.05) is 59.2 Å². The number of pyridine rings is 1. The summed E-state index contributed by atoms with van der Waals surface area (Å²) in [5.74, 6) is 0.594. The molecule has 0 saturated heterocycles. The fourth-order valence-electron chi connectivity index (χ4n) is 10.4. The second-order valence-corrected chi connectivity index (χ2v) is 18.8. The van der Waals surface area contributed by atoms with Crippen LogP contribution in [0.15, 0.2) is 248 Å². The maximum absolute atomic E-state index is 9.54. The molecule has 4 heterocycles. The minimum absolute atomic E-state index is 0. The molecule has 0 aliphatic carbocycles. The van der Waals surface area contributed by atoms with E-state index in [0.29, 0.717) is 50.8 Å². The minimum atomic E-state index is -0.633. The minimum Gasteiger partial charge on any atom is -0.510 e. The zero-order valence-corrected chi connectivity index (χ0v) is 43.2. The van der Waals surface area contributed by atoms with Crippen LogP contribution in [0.25, 0.3) is 99.8 Å². The van der Waals surface area contributed by atoms with E-state index in [4.69, 9.17) is 28.9 Å². The van der Waals surface area contributed by atoms with Gasteiger partial charge in [-0.2, -0.15) is 12.1 Å². The summed E-state index contributed by atoms with van der Waals surface area (Å²) in [7, 11) is 0. The summed E-state index contributed by atoms with van der Waals surface area (Å²) in [5.41, 5.74) is 3.66. The van der Waals surface area contributed by atoms with Gasteiger partial charge in [0, 0.05) is 55.1 Å². The van der Waals surface area contributed by atoms with Gasteiger partial charge >= 0.3 is 0 Å². The number of imidazole rings is 1. The van der Waals surface area contributed by atoms with Gasteiger partial charge in [0.25, 0.3) is 6.33 Å². The van der Waals surface area contributed by atoms with E-state index in [0.717, 1.165) is 11.1 Å². The van der Waals surface area contributed by atoms with Gasteiger partial charge < -0.3 is 18.4 Å². The van der Waals surface area contributed by atoms with Crippen LogP contribution < -0.4 is 9.30 Å². The Balaban J connectivity index is 0.00000818. The van der Waals surface area contributed by atoms with E-state index in [-0.39, 0.29) is 93.4 Å². The molecule has 0 fully saturated rings. The van der Waals surface area contributed by atoms with Gasteiger partial charge in [-0.25, -0.2) is 4.98 Å². The van der Waals surface area contributed by atoms with Gasteiger partial charge in [0.2, 0.25) is 0 Å². The van der Waals surface area contributed by atoms with Crippen LogP contribution in [0.3, 0.4) is 0 Å². The van der Waals surface area contributed by atoms with Crippen molar-refractivity contribution in [2.75, 3.05) is 0 Å². The van der Waals surface area contributed by atoms with Crippen molar-refractivity contribution >= 4 is 54.6 Å². The van der Waals surface area contributed by atoms with Gasteiger partial charge in [-0.1, -0.05) is 212 Å². The van der Waals surface area contributed by atoms with Crippen LogP contribution in [0.2, 0.25) is 0 Å². The zero-order valence-electron chi connectivity index (χ0n) is 58.9. The summed E-state index contributed by atoms with van der Waals surface area (Å²) in [6, 6.07) is 36.3. The third-order valence-electron chi connectivity index (χ3n) is 13.7. The Morgan fingerprint density at radius 1 is 0.558 bits per heavy atom. The number of hydrogen-bond acceptors (Lipinski definition) is 2. The molecule has 372 valence electrons. The number of nitrogens with zero attached hydrogens (tertiary/aromatic N) is 5. The van der Waals surface area contributed by atoms with Crippen molar-refractivity contribution in [3.8, 4) is 56.6 Å². The number of ether oxygens (including phenoxy) is 1. The number of aromatic nitrogens is 5. The second-order valence-electron chi connectivity index (χ2n) is 18.8. The molecule has 0 aliphatic heterocycles. The number of para-hydroxylation sites is 6. The van der Waals surface area contributed by atoms with Crippen molar-refractivity contribution in [3.63, 3.8) is 0 Å². The maximum atomic E-state index is 9.54. The summed E-state index contributed by atoms with van der Waals surface area (Å²) in [5, 5.41) is 0.838. The molecule has 14 rings (SSSR count). The molecule has 0 aliphatic rings. The van der Waals surface area contributed by atoms with E-state index >= 15 is 0 Å². The molecule has 77 heavy (non-hydrogen) atoms. The summed E-state index contributed by atoms with van der Waals surface area (Å²) in [6.45, 7) is 4.33. The van der Waals surface area contributed by atoms with Gasteiger partial charge in [-0.15, -0.1) is 24.3 Å². The fourth-order valence-corrected chi connectivity index (χ4v) is 10.4. The third kappa shape index (κ3) is 8.33. The Hall–Kier alpha value is -9.09. The van der Waals surface area contributed by atoms with E-state index < -0.39 is 109 Å². The van der Waals surface area contributed by atoms with Gasteiger partial charge in [0.1, 0.15) is 5.82 Å². The van der Waals surface area contributed by atoms with Crippen molar-refractivity contribution in [2.45, 2.75) is 25.7 Å². The van der Waals surface area contributed by atoms with Crippen LogP contribution in [0, 0.1) is 18.5 Å². The largest absolute Gasteiger partial charge is 0.510 e. The molecule has 0 atom stereocenters. The van der Waals surface area contributed by atoms with E-state index in [2.05, 4.69) is 44.4 Å². The molecule has 14 aromatic rings. The quantitative estimate of drug-likeness (QED) is 0.0956. The molecule has 0 amide bonds. The van der Waals surface area contributed by atoms with Crippen molar-refractivity contribution in [2.24, 2.45) is 0 Å². The first-order chi connectivity index (χ1) is 44.9. The van der Waals surface area contributed by atoms with E-state index in [1.54, 1.807) is 59.3 Å². The molecular formula is C70H49N5OPt-2. The Morgan fingerprint density at radius 3 is 1.90 bits per heavy atom. The predicted molar refractivity (Wildman–Crippen MR) is 308 cm³/mol. The predicted octanol–water partition coefficient (Wildman–Crippen LogP) is 16.5. The Labute approximate surface area is 486 Å². The van der Waals surface area contributed by atoms with E-state index in [9.17, 15) is 5.48 Å². The average Bonchev–Trinajstić information content (AvgIpc) is 1.53. The maximum Gasteiger partial charge on any atom is 0.268 e. The van der Waals surface area contributed by atoms with Crippen LogP contribution in [-0.4, -0.2) is 18.7 Å². The molecular weight excluding hydrogens is 1120 g/mol. The molecule has 4 aromatic heterocycles. The summed E-state index contributed by atoms with van der Waals surface area (Å²) < 4.78 is 175. The van der Waals surface area contributed by atoms with Gasteiger partial charge in [0.15, 0.2) is 0 Å². The molecule has 10 aromatic carbocycles. The van der Waals surface area contributed by atoms with Crippen LogP contribution in [0.1, 0.15) is 49.6 Å². The third-order valence-corrected chi connectivity index (χ3v) is 13.7. The standard InChI is InChI=1S/C70H49N5O.Pt/c1-70(2,51-26-10-5-11-27-51)46-48-40-41-71-67(42-48)75-62-37-17-14-32-59(62)68-65(74-60-35-15-12-30-57(60)58-31-13-16-36-61(58)74)44-54(45-66(68)75)76-53-29-20-28-52(43-53)72-47-73(64-39-19-18-38-63(64)72)69-55(49-22-6-3-7-23-49)33-21-34-56(69)50-24-8-4-9-25-50;/h3-42,44H,46H2,1-2H3;/q-2;/i3D,4D,6D,7D,8D,9D,12D,13D,15D,16D,22D,23D,24D,25D,30D,31D,35D,36D;. The first-order valence-electron chi connectivity index (χ1n) is 33.4.